The molecule has 0 fully saturated rings. The van der Waals surface area contributed by atoms with Gasteiger partial charge in [0.05, 0.1) is 12.9 Å². The SMILES string of the molecule is CCCCCCCCCCCC(=O)OCCOCn1cnc2c(=O)[nH]c(N)nc21. The summed E-state index contributed by atoms with van der Waals surface area (Å²) in [6, 6.07) is 0. The predicted molar refractivity (Wildman–Crippen MR) is 111 cm³/mol. The van der Waals surface area contributed by atoms with Crippen molar-refractivity contribution < 1.29 is 14.3 Å². The third-order valence-corrected chi connectivity index (χ3v) is 4.70. The van der Waals surface area contributed by atoms with E-state index in [1.54, 1.807) is 4.57 Å². The van der Waals surface area contributed by atoms with Crippen LogP contribution in [0.4, 0.5) is 5.95 Å². The number of anilines is 1. The predicted octanol–water partition coefficient (Wildman–Crippen LogP) is 3.14. The first-order valence-corrected chi connectivity index (χ1v) is 10.6. The summed E-state index contributed by atoms with van der Waals surface area (Å²) < 4.78 is 12.2. The number of nitrogens with zero attached hydrogens (tertiary/aromatic N) is 3. The summed E-state index contributed by atoms with van der Waals surface area (Å²) >= 11 is 0. The van der Waals surface area contributed by atoms with Gasteiger partial charge in [0.15, 0.2) is 11.2 Å². The molecule has 2 heterocycles. The average Bonchev–Trinajstić information content (AvgIpc) is 3.09. The van der Waals surface area contributed by atoms with Gasteiger partial charge in [-0.1, -0.05) is 58.3 Å². The van der Waals surface area contributed by atoms with E-state index >= 15 is 0 Å². The van der Waals surface area contributed by atoms with Crippen molar-refractivity contribution >= 4 is 23.1 Å². The van der Waals surface area contributed by atoms with E-state index in [1.165, 1.54) is 51.3 Å². The molecule has 2 aromatic heterocycles. The molecule has 0 aliphatic rings. The first-order chi connectivity index (χ1) is 14.1. The molecular weight excluding hydrogens is 374 g/mol. The number of esters is 1. The highest BCUT2D eigenvalue weighted by Gasteiger charge is 2.09. The number of rotatable bonds is 15. The lowest BCUT2D eigenvalue weighted by Gasteiger charge is -2.07. The van der Waals surface area contributed by atoms with Gasteiger partial charge < -0.3 is 15.2 Å². The Morgan fingerprint density at radius 1 is 1.10 bits per heavy atom. The zero-order chi connectivity index (χ0) is 20.9. The van der Waals surface area contributed by atoms with Crippen LogP contribution in [0.2, 0.25) is 0 Å². The van der Waals surface area contributed by atoms with E-state index in [4.69, 9.17) is 15.2 Å². The minimum absolute atomic E-state index is 0.0228. The van der Waals surface area contributed by atoms with Crippen LogP contribution in [-0.2, 0) is 21.0 Å². The van der Waals surface area contributed by atoms with Gasteiger partial charge in [0.1, 0.15) is 13.3 Å². The zero-order valence-electron chi connectivity index (χ0n) is 17.3. The molecule has 2 aromatic rings. The second kappa shape index (κ2) is 12.9. The standard InChI is InChI=1S/C20H33N5O4/c1-2-3-4-5-6-7-8-9-10-11-16(26)29-13-12-28-15-25-14-22-17-18(25)23-20(21)24-19(17)27/h14H,2-13,15H2,1H3,(H3,21,23,24,27). The van der Waals surface area contributed by atoms with Gasteiger partial charge in [-0.15, -0.1) is 0 Å². The largest absolute Gasteiger partial charge is 0.463 e. The van der Waals surface area contributed by atoms with E-state index in [2.05, 4.69) is 21.9 Å². The van der Waals surface area contributed by atoms with Crippen LogP contribution >= 0.6 is 0 Å². The molecule has 0 aliphatic carbocycles. The van der Waals surface area contributed by atoms with Crippen LogP contribution in [0.5, 0.6) is 0 Å². The summed E-state index contributed by atoms with van der Waals surface area (Å²) in [7, 11) is 0. The zero-order valence-corrected chi connectivity index (χ0v) is 17.3. The molecule has 0 bridgehead atoms. The maximum Gasteiger partial charge on any atom is 0.305 e. The van der Waals surface area contributed by atoms with Crippen LogP contribution in [0.15, 0.2) is 11.1 Å². The Morgan fingerprint density at radius 3 is 2.52 bits per heavy atom. The molecule has 0 radical (unpaired) electrons. The van der Waals surface area contributed by atoms with Crippen molar-refractivity contribution in [1.82, 2.24) is 19.5 Å². The number of imidazole rings is 1. The number of aromatic nitrogens is 4. The lowest BCUT2D eigenvalue weighted by molar-refractivity contribution is -0.145. The van der Waals surface area contributed by atoms with Crippen LogP contribution in [-0.4, -0.2) is 38.7 Å². The first kappa shape index (κ1) is 22.9. The van der Waals surface area contributed by atoms with E-state index in [1.807, 2.05) is 0 Å². The molecule has 29 heavy (non-hydrogen) atoms. The number of hydrogen-bond donors (Lipinski definition) is 2. The van der Waals surface area contributed by atoms with Gasteiger partial charge in [0.25, 0.3) is 5.56 Å². The third-order valence-electron chi connectivity index (χ3n) is 4.70. The number of nitrogens with one attached hydrogen (secondary N) is 1. The van der Waals surface area contributed by atoms with Gasteiger partial charge in [-0.05, 0) is 6.42 Å². The Morgan fingerprint density at radius 2 is 1.79 bits per heavy atom. The number of nitrogens with two attached hydrogens (primary N) is 1. The summed E-state index contributed by atoms with van der Waals surface area (Å²) in [6.07, 6.45) is 12.9. The molecular formula is C20H33N5O4. The number of unbranched alkanes of at least 4 members (excludes halogenated alkanes) is 8. The van der Waals surface area contributed by atoms with Gasteiger partial charge in [-0.3, -0.25) is 19.1 Å². The average molecular weight is 408 g/mol. The Balaban J connectivity index is 1.50. The van der Waals surface area contributed by atoms with Crippen molar-refractivity contribution in [3.05, 3.63) is 16.7 Å². The van der Waals surface area contributed by atoms with E-state index in [9.17, 15) is 9.59 Å². The Hall–Kier alpha value is -2.42. The molecule has 3 N–H and O–H groups in total. The topological polar surface area (TPSA) is 125 Å². The lowest BCUT2D eigenvalue weighted by atomic mass is 10.1. The third kappa shape index (κ3) is 8.23. The van der Waals surface area contributed by atoms with Gasteiger partial charge in [-0.25, -0.2) is 4.98 Å². The summed E-state index contributed by atoms with van der Waals surface area (Å²) in [5, 5.41) is 0. The Bertz CT molecular complexity index is 802. The van der Waals surface area contributed by atoms with Crippen LogP contribution in [0.25, 0.3) is 11.2 Å². The van der Waals surface area contributed by atoms with Crippen molar-refractivity contribution in [1.29, 1.82) is 0 Å². The number of H-pyrrole nitrogens is 1. The highest BCUT2D eigenvalue weighted by molar-refractivity contribution is 5.70. The molecule has 9 heteroatoms. The van der Waals surface area contributed by atoms with Gasteiger partial charge in [0.2, 0.25) is 5.95 Å². The van der Waals surface area contributed by atoms with Crippen molar-refractivity contribution in [2.75, 3.05) is 18.9 Å². The highest BCUT2D eigenvalue weighted by atomic mass is 16.6. The van der Waals surface area contributed by atoms with E-state index < -0.39 is 5.56 Å². The van der Waals surface area contributed by atoms with E-state index in [-0.39, 0.29) is 37.4 Å². The van der Waals surface area contributed by atoms with Crippen LogP contribution in [0.3, 0.4) is 0 Å². The van der Waals surface area contributed by atoms with Crippen molar-refractivity contribution in [2.24, 2.45) is 0 Å². The monoisotopic (exact) mass is 407 g/mol. The van der Waals surface area contributed by atoms with Crippen molar-refractivity contribution in [3.8, 4) is 0 Å². The van der Waals surface area contributed by atoms with Gasteiger partial charge >= 0.3 is 5.97 Å². The number of aromatic amines is 1. The lowest BCUT2D eigenvalue weighted by Crippen LogP contribution is -2.14. The fraction of sp³-hybridized carbons (Fsp3) is 0.700. The maximum atomic E-state index is 11.7. The summed E-state index contributed by atoms with van der Waals surface area (Å²) in [6.45, 7) is 2.81. The normalized spacial score (nSPS) is 11.2. The minimum Gasteiger partial charge on any atom is -0.463 e. The van der Waals surface area contributed by atoms with Crippen molar-refractivity contribution in [2.45, 2.75) is 77.9 Å². The molecule has 0 saturated carbocycles. The fourth-order valence-electron chi connectivity index (χ4n) is 3.09. The van der Waals surface area contributed by atoms with E-state index in [0.717, 1.165) is 12.8 Å². The number of fused-ring (bicyclic) bond motifs is 1. The minimum atomic E-state index is -0.392. The molecule has 9 nitrogen and oxygen atoms in total. The van der Waals surface area contributed by atoms with Gasteiger partial charge in [-0.2, -0.15) is 4.98 Å². The number of ether oxygens (including phenoxy) is 2. The number of hydrogen-bond acceptors (Lipinski definition) is 7. The second-order valence-electron chi connectivity index (χ2n) is 7.17. The fourth-order valence-corrected chi connectivity index (χ4v) is 3.09. The molecule has 0 saturated heterocycles. The van der Waals surface area contributed by atoms with Gasteiger partial charge in [0, 0.05) is 6.42 Å². The first-order valence-electron chi connectivity index (χ1n) is 10.6. The smallest absolute Gasteiger partial charge is 0.305 e. The van der Waals surface area contributed by atoms with Crippen LogP contribution in [0, 0.1) is 0 Å². The molecule has 0 amide bonds. The molecule has 0 aromatic carbocycles. The highest BCUT2D eigenvalue weighted by Crippen LogP contribution is 2.11. The van der Waals surface area contributed by atoms with Crippen molar-refractivity contribution in [3.63, 3.8) is 0 Å². The molecule has 0 spiro atoms. The number of nitrogen functional groups attached to an aromatic ring is 1. The quantitative estimate of drug-likeness (QED) is 0.343. The van der Waals surface area contributed by atoms with Crippen LogP contribution in [0.1, 0.15) is 71.1 Å². The maximum absolute atomic E-state index is 11.7. The summed E-state index contributed by atoms with van der Waals surface area (Å²) in [5.74, 6) is -0.166. The molecule has 162 valence electrons. The molecule has 0 atom stereocenters. The Labute approximate surface area is 171 Å². The molecule has 0 aliphatic heterocycles. The Kier molecular flexibility index (Phi) is 10.2. The number of carbonyl (C=O) groups is 1. The second-order valence-corrected chi connectivity index (χ2v) is 7.17. The summed E-state index contributed by atoms with van der Waals surface area (Å²) in [4.78, 5) is 33.9. The molecule has 2 rings (SSSR count). The van der Waals surface area contributed by atoms with Crippen LogP contribution < -0.4 is 11.3 Å². The van der Waals surface area contributed by atoms with E-state index in [0.29, 0.717) is 12.1 Å². The molecule has 0 unspecified atom stereocenters. The number of carbonyl (C=O) groups excluding carboxylic acids is 1. The summed E-state index contributed by atoms with van der Waals surface area (Å²) in [5.41, 5.74) is 5.71.